The highest BCUT2D eigenvalue weighted by Gasteiger charge is 2.20. The molecule has 0 radical (unpaired) electrons. The van der Waals surface area contributed by atoms with Crippen molar-refractivity contribution in [2.45, 2.75) is 25.3 Å². The van der Waals surface area contributed by atoms with Crippen molar-refractivity contribution in [3.8, 4) is 0 Å². The number of carbonyl (C=O) groups excluding carboxylic acids is 1. The highest BCUT2D eigenvalue weighted by molar-refractivity contribution is 5.73. The molecular formula is C9H18N2O2. The van der Waals surface area contributed by atoms with E-state index in [2.05, 4.69) is 11.9 Å². The van der Waals surface area contributed by atoms with Gasteiger partial charge in [-0.3, -0.25) is 4.79 Å². The highest BCUT2D eigenvalue weighted by atomic mass is 16.5. The van der Waals surface area contributed by atoms with Gasteiger partial charge in [0.1, 0.15) is 0 Å². The Morgan fingerprint density at radius 2 is 2.46 bits per heavy atom. The number of ether oxygens (including phenoxy) is 1. The monoisotopic (exact) mass is 186 g/mol. The fourth-order valence-electron chi connectivity index (χ4n) is 1.58. The van der Waals surface area contributed by atoms with E-state index in [0.717, 1.165) is 13.2 Å². The Hall–Kier alpha value is -0.610. The summed E-state index contributed by atoms with van der Waals surface area (Å²) in [7, 11) is 2.11. The molecule has 1 amide bonds. The third-order valence-corrected chi connectivity index (χ3v) is 2.47. The van der Waals surface area contributed by atoms with E-state index >= 15 is 0 Å². The lowest BCUT2D eigenvalue weighted by Crippen LogP contribution is -2.29. The van der Waals surface area contributed by atoms with Crippen LogP contribution in [0.4, 0.5) is 0 Å². The maximum absolute atomic E-state index is 10.4. The van der Waals surface area contributed by atoms with Crippen LogP contribution in [0.25, 0.3) is 0 Å². The summed E-state index contributed by atoms with van der Waals surface area (Å²) in [4.78, 5) is 12.7. The van der Waals surface area contributed by atoms with Gasteiger partial charge in [-0.05, 0) is 26.4 Å². The number of carbonyl (C=O) groups is 1. The van der Waals surface area contributed by atoms with Crippen LogP contribution >= 0.6 is 0 Å². The van der Waals surface area contributed by atoms with Gasteiger partial charge in [-0.2, -0.15) is 0 Å². The van der Waals surface area contributed by atoms with E-state index in [1.54, 1.807) is 0 Å². The molecule has 1 rings (SSSR count). The van der Waals surface area contributed by atoms with Crippen molar-refractivity contribution < 1.29 is 9.53 Å². The Kier molecular flexibility index (Phi) is 4.18. The summed E-state index contributed by atoms with van der Waals surface area (Å²) >= 11 is 0. The van der Waals surface area contributed by atoms with Crippen LogP contribution in [0.3, 0.4) is 0 Å². The van der Waals surface area contributed by atoms with Crippen molar-refractivity contribution >= 4 is 5.91 Å². The highest BCUT2D eigenvalue weighted by Crippen LogP contribution is 2.14. The normalized spacial score (nSPS) is 23.6. The Morgan fingerprint density at radius 1 is 1.69 bits per heavy atom. The first kappa shape index (κ1) is 10.5. The number of hydrogen-bond acceptors (Lipinski definition) is 3. The second-order valence-electron chi connectivity index (χ2n) is 3.57. The van der Waals surface area contributed by atoms with Gasteiger partial charge in [0.05, 0.1) is 13.2 Å². The number of hydrogen-bond donors (Lipinski definition) is 1. The van der Waals surface area contributed by atoms with Gasteiger partial charge >= 0.3 is 0 Å². The molecule has 4 heteroatoms. The largest absolute Gasteiger partial charge is 0.379 e. The zero-order chi connectivity index (χ0) is 9.68. The molecule has 1 aliphatic heterocycles. The van der Waals surface area contributed by atoms with E-state index in [1.165, 1.54) is 12.8 Å². The molecule has 1 unspecified atom stereocenters. The lowest BCUT2D eigenvalue weighted by Gasteiger charge is -2.18. The molecule has 1 atom stereocenters. The number of nitrogens with two attached hydrogens (primary N) is 1. The standard InChI is InChI=1S/C9H18N2O2/c1-11-5-2-3-8(11)7-13-6-4-9(10)12/h8H,2-7H2,1H3,(H2,10,12). The molecule has 0 aromatic carbocycles. The summed E-state index contributed by atoms with van der Waals surface area (Å²) < 4.78 is 5.36. The number of rotatable bonds is 5. The smallest absolute Gasteiger partial charge is 0.219 e. The molecule has 1 saturated heterocycles. The summed E-state index contributed by atoms with van der Waals surface area (Å²) in [5.74, 6) is -0.292. The van der Waals surface area contributed by atoms with Crippen molar-refractivity contribution in [2.24, 2.45) is 5.73 Å². The minimum Gasteiger partial charge on any atom is -0.379 e. The van der Waals surface area contributed by atoms with Crippen LogP contribution in [0.5, 0.6) is 0 Å². The van der Waals surface area contributed by atoms with Crippen molar-refractivity contribution in [3.63, 3.8) is 0 Å². The van der Waals surface area contributed by atoms with Crippen molar-refractivity contribution in [1.29, 1.82) is 0 Å². The van der Waals surface area contributed by atoms with Crippen LogP contribution in [0.1, 0.15) is 19.3 Å². The molecule has 0 aliphatic carbocycles. The van der Waals surface area contributed by atoms with Gasteiger partial charge in [-0.15, -0.1) is 0 Å². The van der Waals surface area contributed by atoms with Crippen molar-refractivity contribution in [2.75, 3.05) is 26.8 Å². The first-order valence-corrected chi connectivity index (χ1v) is 4.76. The predicted octanol–water partition coefficient (Wildman–Crippen LogP) is -0.0274. The lowest BCUT2D eigenvalue weighted by atomic mass is 10.2. The third-order valence-electron chi connectivity index (χ3n) is 2.47. The van der Waals surface area contributed by atoms with Crippen LogP contribution in [0.15, 0.2) is 0 Å². The molecule has 13 heavy (non-hydrogen) atoms. The number of nitrogens with zero attached hydrogens (tertiary/aromatic N) is 1. The molecule has 4 nitrogen and oxygen atoms in total. The first-order chi connectivity index (χ1) is 6.20. The molecule has 1 aliphatic rings. The van der Waals surface area contributed by atoms with Gasteiger partial charge in [-0.25, -0.2) is 0 Å². The average molecular weight is 186 g/mol. The van der Waals surface area contributed by atoms with Crippen LogP contribution in [0, 0.1) is 0 Å². The number of likely N-dealkylation sites (N-methyl/N-ethyl adjacent to an activating group) is 1. The van der Waals surface area contributed by atoms with E-state index in [4.69, 9.17) is 10.5 Å². The number of likely N-dealkylation sites (tertiary alicyclic amines) is 1. The van der Waals surface area contributed by atoms with Gasteiger partial charge in [0.2, 0.25) is 5.91 Å². The van der Waals surface area contributed by atoms with E-state index < -0.39 is 0 Å². The molecule has 2 N–H and O–H groups in total. The van der Waals surface area contributed by atoms with Crippen LogP contribution in [-0.2, 0) is 9.53 Å². The summed E-state index contributed by atoms with van der Waals surface area (Å²) in [6, 6.07) is 0.535. The molecular weight excluding hydrogens is 168 g/mol. The van der Waals surface area contributed by atoms with Crippen LogP contribution in [0.2, 0.25) is 0 Å². The third kappa shape index (κ3) is 3.74. The van der Waals surface area contributed by atoms with Crippen molar-refractivity contribution in [1.82, 2.24) is 4.90 Å². The number of primary amides is 1. The van der Waals surface area contributed by atoms with Crippen molar-refractivity contribution in [3.05, 3.63) is 0 Å². The fourth-order valence-corrected chi connectivity index (χ4v) is 1.58. The zero-order valence-electron chi connectivity index (χ0n) is 8.16. The molecule has 0 saturated carbocycles. The summed E-state index contributed by atoms with van der Waals surface area (Å²) in [6.45, 7) is 2.34. The van der Waals surface area contributed by atoms with Gasteiger partial charge < -0.3 is 15.4 Å². The minimum absolute atomic E-state index is 0.292. The fraction of sp³-hybridized carbons (Fsp3) is 0.889. The van der Waals surface area contributed by atoms with Crippen LogP contribution in [-0.4, -0.2) is 43.7 Å². The molecule has 0 aromatic heterocycles. The Balaban J connectivity index is 2.02. The van der Waals surface area contributed by atoms with Gasteiger partial charge in [-0.1, -0.05) is 0 Å². The average Bonchev–Trinajstić information content (AvgIpc) is 2.45. The molecule has 0 spiro atoms. The predicted molar refractivity (Wildman–Crippen MR) is 50.3 cm³/mol. The van der Waals surface area contributed by atoms with E-state index in [1.807, 2.05) is 0 Å². The Bertz CT molecular complexity index is 173. The SMILES string of the molecule is CN1CCCC1COCCC(N)=O. The summed E-state index contributed by atoms with van der Waals surface area (Å²) in [6.07, 6.45) is 2.78. The van der Waals surface area contributed by atoms with E-state index in [-0.39, 0.29) is 5.91 Å². The van der Waals surface area contributed by atoms with Gasteiger partial charge in [0.15, 0.2) is 0 Å². The topological polar surface area (TPSA) is 55.6 Å². The molecule has 1 heterocycles. The maximum atomic E-state index is 10.4. The second-order valence-corrected chi connectivity index (χ2v) is 3.57. The Morgan fingerprint density at radius 3 is 3.00 bits per heavy atom. The van der Waals surface area contributed by atoms with E-state index in [9.17, 15) is 4.79 Å². The lowest BCUT2D eigenvalue weighted by molar-refractivity contribution is -0.119. The number of amides is 1. The molecule has 0 aromatic rings. The van der Waals surface area contributed by atoms with Crippen LogP contribution < -0.4 is 5.73 Å². The minimum atomic E-state index is -0.292. The molecule has 76 valence electrons. The molecule has 1 fully saturated rings. The second kappa shape index (κ2) is 5.19. The zero-order valence-corrected chi connectivity index (χ0v) is 8.16. The summed E-state index contributed by atoms with van der Waals surface area (Å²) in [5, 5.41) is 0. The maximum Gasteiger partial charge on any atom is 0.219 e. The first-order valence-electron chi connectivity index (χ1n) is 4.76. The quantitative estimate of drug-likeness (QED) is 0.614. The van der Waals surface area contributed by atoms with Gasteiger partial charge in [0, 0.05) is 12.5 Å². The molecule has 0 bridgehead atoms. The Labute approximate surface area is 79.0 Å². The summed E-state index contributed by atoms with van der Waals surface area (Å²) in [5.41, 5.74) is 4.98. The van der Waals surface area contributed by atoms with Gasteiger partial charge in [0.25, 0.3) is 0 Å². The van der Waals surface area contributed by atoms with E-state index in [0.29, 0.717) is 19.1 Å².